The number of amides is 1. The van der Waals surface area contributed by atoms with Gasteiger partial charge in [0.05, 0.1) is 11.1 Å². The van der Waals surface area contributed by atoms with Crippen LogP contribution in [0.1, 0.15) is 27.6 Å². The number of carbonyl (C=O) groups is 2. The zero-order valence-electron chi connectivity index (χ0n) is 10.2. The number of nitrogens with one attached hydrogen (secondary N) is 1. The van der Waals surface area contributed by atoms with Crippen LogP contribution in [0.15, 0.2) is 24.3 Å². The molecular weight excluding hydrogens is 254 g/mol. The second-order valence-corrected chi connectivity index (χ2v) is 5.44. The number of aromatic carboxylic acids is 1. The van der Waals surface area contributed by atoms with E-state index in [1.165, 1.54) is 12.1 Å². The number of carboxylic acid groups (broad SMARTS) is 1. The SMILES string of the molecule is CC(CS(C)=O)NC(=O)c1ccccc1C(=O)O. The molecule has 0 aliphatic rings. The van der Waals surface area contributed by atoms with Crippen molar-refractivity contribution >= 4 is 22.7 Å². The van der Waals surface area contributed by atoms with Crippen LogP contribution in [0.2, 0.25) is 0 Å². The van der Waals surface area contributed by atoms with E-state index in [1.807, 2.05) is 0 Å². The van der Waals surface area contributed by atoms with E-state index < -0.39 is 22.7 Å². The van der Waals surface area contributed by atoms with Crippen LogP contribution >= 0.6 is 0 Å². The zero-order chi connectivity index (χ0) is 13.7. The summed E-state index contributed by atoms with van der Waals surface area (Å²) in [5.74, 6) is -1.28. The molecule has 0 radical (unpaired) electrons. The van der Waals surface area contributed by atoms with Crippen LogP contribution in [0.4, 0.5) is 0 Å². The van der Waals surface area contributed by atoms with Crippen LogP contribution in [0.25, 0.3) is 0 Å². The molecule has 0 spiro atoms. The van der Waals surface area contributed by atoms with E-state index in [0.717, 1.165) is 0 Å². The lowest BCUT2D eigenvalue weighted by Crippen LogP contribution is -2.36. The van der Waals surface area contributed by atoms with Crippen LogP contribution in [0.5, 0.6) is 0 Å². The van der Waals surface area contributed by atoms with Gasteiger partial charge in [-0.3, -0.25) is 9.00 Å². The Hall–Kier alpha value is -1.69. The third kappa shape index (κ3) is 3.96. The first kappa shape index (κ1) is 14.4. The van der Waals surface area contributed by atoms with Gasteiger partial charge in [0.25, 0.3) is 5.91 Å². The maximum absolute atomic E-state index is 11.9. The molecule has 5 nitrogen and oxygen atoms in total. The number of benzene rings is 1. The quantitative estimate of drug-likeness (QED) is 0.831. The second kappa shape index (κ2) is 6.30. The Kier molecular flexibility index (Phi) is 5.03. The number of rotatable bonds is 5. The summed E-state index contributed by atoms with van der Waals surface area (Å²) >= 11 is 0. The normalized spacial score (nSPS) is 13.7. The van der Waals surface area contributed by atoms with E-state index in [9.17, 15) is 13.8 Å². The predicted molar refractivity (Wildman–Crippen MR) is 69.3 cm³/mol. The van der Waals surface area contributed by atoms with E-state index in [2.05, 4.69) is 5.32 Å². The van der Waals surface area contributed by atoms with Crippen molar-refractivity contribution in [2.45, 2.75) is 13.0 Å². The lowest BCUT2D eigenvalue weighted by atomic mass is 10.1. The largest absolute Gasteiger partial charge is 0.478 e. The second-order valence-electron chi connectivity index (χ2n) is 3.97. The van der Waals surface area contributed by atoms with Gasteiger partial charge >= 0.3 is 5.97 Å². The van der Waals surface area contributed by atoms with Crippen LogP contribution in [0.3, 0.4) is 0 Å². The molecule has 0 saturated heterocycles. The van der Waals surface area contributed by atoms with Crippen molar-refractivity contribution in [3.63, 3.8) is 0 Å². The Labute approximate surface area is 108 Å². The molecule has 0 fully saturated rings. The average Bonchev–Trinajstić information content (AvgIpc) is 2.27. The topological polar surface area (TPSA) is 83.5 Å². The average molecular weight is 269 g/mol. The van der Waals surface area contributed by atoms with Gasteiger partial charge in [-0.1, -0.05) is 12.1 Å². The summed E-state index contributed by atoms with van der Waals surface area (Å²) in [5.41, 5.74) is 0.0681. The highest BCUT2D eigenvalue weighted by atomic mass is 32.2. The van der Waals surface area contributed by atoms with Gasteiger partial charge in [-0.15, -0.1) is 0 Å². The molecule has 0 aliphatic carbocycles. The molecule has 1 amide bonds. The number of carboxylic acids is 1. The summed E-state index contributed by atoms with van der Waals surface area (Å²) < 4.78 is 11.0. The Morgan fingerprint density at radius 2 is 1.89 bits per heavy atom. The van der Waals surface area contributed by atoms with Gasteiger partial charge in [-0.05, 0) is 19.1 Å². The minimum Gasteiger partial charge on any atom is -0.478 e. The first-order valence-electron chi connectivity index (χ1n) is 5.35. The molecule has 1 rings (SSSR count). The lowest BCUT2D eigenvalue weighted by Gasteiger charge is -2.13. The highest BCUT2D eigenvalue weighted by Gasteiger charge is 2.17. The van der Waals surface area contributed by atoms with Gasteiger partial charge in [-0.25, -0.2) is 4.79 Å². The van der Waals surface area contributed by atoms with Crippen molar-refractivity contribution in [3.05, 3.63) is 35.4 Å². The zero-order valence-corrected chi connectivity index (χ0v) is 11.0. The third-order valence-corrected chi connectivity index (χ3v) is 3.23. The fourth-order valence-corrected chi connectivity index (χ4v) is 2.35. The third-order valence-electron chi connectivity index (χ3n) is 2.26. The molecular formula is C12H15NO4S. The van der Waals surface area contributed by atoms with E-state index in [-0.39, 0.29) is 17.2 Å². The van der Waals surface area contributed by atoms with Crippen LogP contribution in [-0.4, -0.2) is 39.2 Å². The fourth-order valence-electron chi connectivity index (χ4n) is 1.56. The maximum atomic E-state index is 11.9. The molecule has 98 valence electrons. The van der Waals surface area contributed by atoms with Crippen molar-refractivity contribution in [3.8, 4) is 0 Å². The van der Waals surface area contributed by atoms with Gasteiger partial charge in [0.2, 0.25) is 0 Å². The molecule has 0 bridgehead atoms. The minimum atomic E-state index is -1.15. The van der Waals surface area contributed by atoms with Crippen LogP contribution < -0.4 is 5.32 Å². The highest BCUT2D eigenvalue weighted by molar-refractivity contribution is 7.84. The summed E-state index contributed by atoms with van der Waals surface area (Å²) in [6, 6.07) is 5.72. The predicted octanol–water partition coefficient (Wildman–Crippen LogP) is 0.882. The van der Waals surface area contributed by atoms with E-state index in [4.69, 9.17) is 5.11 Å². The first-order valence-corrected chi connectivity index (χ1v) is 7.07. The standard InChI is InChI=1S/C12H15NO4S/c1-8(7-18(2)17)13-11(14)9-5-3-4-6-10(9)12(15)16/h3-6,8H,7H2,1-2H3,(H,13,14)(H,15,16). The van der Waals surface area contributed by atoms with E-state index in [1.54, 1.807) is 25.3 Å². The van der Waals surface area contributed by atoms with Gasteiger partial charge in [0.1, 0.15) is 0 Å². The summed E-state index contributed by atoms with van der Waals surface area (Å²) in [5, 5.41) is 11.6. The molecule has 0 aromatic heterocycles. The summed E-state index contributed by atoms with van der Waals surface area (Å²) in [4.78, 5) is 22.8. The smallest absolute Gasteiger partial charge is 0.336 e. The monoisotopic (exact) mass is 269 g/mol. The van der Waals surface area contributed by atoms with Crippen LogP contribution in [0, 0.1) is 0 Å². The molecule has 0 aliphatic heterocycles. The van der Waals surface area contributed by atoms with Crippen molar-refractivity contribution in [1.82, 2.24) is 5.32 Å². The van der Waals surface area contributed by atoms with Gasteiger partial charge in [0, 0.05) is 28.9 Å². The van der Waals surface area contributed by atoms with Gasteiger partial charge in [0.15, 0.2) is 0 Å². The molecule has 0 saturated carbocycles. The van der Waals surface area contributed by atoms with Crippen molar-refractivity contribution in [2.24, 2.45) is 0 Å². The molecule has 1 aromatic rings. The van der Waals surface area contributed by atoms with Crippen molar-refractivity contribution in [2.75, 3.05) is 12.0 Å². The number of carbonyl (C=O) groups excluding carboxylic acids is 1. The minimum absolute atomic E-state index is 0.0418. The molecule has 18 heavy (non-hydrogen) atoms. The van der Waals surface area contributed by atoms with Gasteiger partial charge in [-0.2, -0.15) is 0 Å². The lowest BCUT2D eigenvalue weighted by molar-refractivity contribution is 0.0690. The Morgan fingerprint density at radius 1 is 1.33 bits per heavy atom. The Bertz CT molecular complexity index is 487. The molecule has 2 atom stereocenters. The van der Waals surface area contributed by atoms with Gasteiger partial charge < -0.3 is 10.4 Å². The molecule has 2 unspecified atom stereocenters. The summed E-state index contributed by atoms with van der Waals surface area (Å²) in [6.45, 7) is 1.72. The summed E-state index contributed by atoms with van der Waals surface area (Å²) in [7, 11) is -1.01. The van der Waals surface area contributed by atoms with E-state index >= 15 is 0 Å². The Morgan fingerprint density at radius 3 is 2.39 bits per heavy atom. The van der Waals surface area contributed by atoms with Crippen molar-refractivity contribution < 1.29 is 18.9 Å². The number of hydrogen-bond donors (Lipinski definition) is 2. The van der Waals surface area contributed by atoms with Crippen molar-refractivity contribution in [1.29, 1.82) is 0 Å². The number of hydrogen-bond acceptors (Lipinski definition) is 3. The molecule has 1 aromatic carbocycles. The van der Waals surface area contributed by atoms with Crippen LogP contribution in [-0.2, 0) is 10.8 Å². The fraction of sp³-hybridized carbons (Fsp3) is 0.333. The molecule has 6 heteroatoms. The first-order chi connectivity index (χ1) is 8.41. The summed E-state index contributed by atoms with van der Waals surface area (Å²) in [6.07, 6.45) is 1.55. The molecule has 0 heterocycles. The van der Waals surface area contributed by atoms with E-state index in [0.29, 0.717) is 5.75 Å². The highest BCUT2D eigenvalue weighted by Crippen LogP contribution is 2.09. The molecule has 2 N–H and O–H groups in total. The Balaban J connectivity index is 2.84. The maximum Gasteiger partial charge on any atom is 0.336 e.